The number of carbonyl (C=O) groups is 2. The molecule has 6 heteroatoms. The number of hydrogen-bond donors (Lipinski definition) is 1. The summed E-state index contributed by atoms with van der Waals surface area (Å²) in [4.78, 5) is 26.0. The summed E-state index contributed by atoms with van der Waals surface area (Å²) in [6, 6.07) is 0. The second-order valence-corrected chi connectivity index (χ2v) is 3.42. The monoisotopic (exact) mass is 197 g/mol. The number of likely N-dealkylation sites (tertiary alicyclic amines) is 1. The Kier molecular flexibility index (Phi) is 2.67. The summed E-state index contributed by atoms with van der Waals surface area (Å²) in [6.07, 6.45) is 0.740. The number of carbonyl (C=O) groups excluding carboxylic acids is 1. The Morgan fingerprint density at radius 1 is 1.64 bits per heavy atom. The van der Waals surface area contributed by atoms with E-state index in [1.807, 2.05) is 0 Å². The number of rotatable bonds is 2. The first kappa shape index (κ1) is 10.4. The van der Waals surface area contributed by atoms with Gasteiger partial charge in [-0.3, -0.25) is 9.69 Å². The molecule has 0 bridgehead atoms. The molecule has 1 aliphatic heterocycles. The van der Waals surface area contributed by atoms with Gasteiger partial charge in [0.05, 0.1) is 0 Å². The molecule has 14 heavy (non-hydrogen) atoms. The van der Waals surface area contributed by atoms with Crippen LogP contribution < -0.4 is 0 Å². The Labute approximate surface area is 80.7 Å². The first-order chi connectivity index (χ1) is 6.52. The lowest BCUT2D eigenvalue weighted by Gasteiger charge is -2.28. The fraction of sp³-hybridized carbons (Fsp3) is 0.625. The molecule has 1 heterocycles. The quantitative estimate of drug-likeness (QED) is 0.394. The van der Waals surface area contributed by atoms with E-state index in [0.29, 0.717) is 19.4 Å². The van der Waals surface area contributed by atoms with Crippen molar-refractivity contribution in [1.82, 2.24) is 4.90 Å². The second kappa shape index (κ2) is 3.59. The van der Waals surface area contributed by atoms with Crippen LogP contribution in [-0.4, -0.2) is 45.0 Å². The van der Waals surface area contributed by atoms with Crippen molar-refractivity contribution in [2.24, 2.45) is 0 Å². The van der Waals surface area contributed by atoms with E-state index < -0.39 is 17.4 Å². The maximum atomic E-state index is 11.5. The third kappa shape index (κ3) is 1.52. The van der Waals surface area contributed by atoms with E-state index in [4.69, 9.17) is 10.6 Å². The molecular weight excluding hydrogens is 186 g/mol. The summed E-state index contributed by atoms with van der Waals surface area (Å²) in [5.74, 6) is -0.486. The highest BCUT2D eigenvalue weighted by Gasteiger charge is 2.46. The number of ketones is 1. The highest BCUT2D eigenvalue weighted by Crippen LogP contribution is 2.29. The summed E-state index contributed by atoms with van der Waals surface area (Å²) < 4.78 is 0. The van der Waals surface area contributed by atoms with Crippen LogP contribution in [-0.2, 0) is 4.79 Å². The van der Waals surface area contributed by atoms with E-state index in [1.165, 1.54) is 6.92 Å². The molecule has 1 saturated heterocycles. The lowest BCUT2D eigenvalue weighted by molar-refractivity contribution is -0.124. The summed E-state index contributed by atoms with van der Waals surface area (Å²) in [5, 5.41) is 8.83. The number of amides is 1. The Morgan fingerprint density at radius 2 is 2.29 bits per heavy atom. The number of hydrogen-bond acceptors (Lipinski definition) is 2. The third-order valence-corrected chi connectivity index (χ3v) is 2.58. The normalized spacial score (nSPS) is 25.6. The molecule has 0 aromatic rings. The van der Waals surface area contributed by atoms with Crippen LogP contribution in [0.2, 0.25) is 0 Å². The van der Waals surface area contributed by atoms with E-state index in [9.17, 15) is 9.59 Å². The molecule has 0 radical (unpaired) electrons. The van der Waals surface area contributed by atoms with E-state index in [-0.39, 0.29) is 0 Å². The molecule has 0 saturated carbocycles. The largest absolute Gasteiger partial charge is 0.465 e. The lowest BCUT2D eigenvalue weighted by atomic mass is 9.94. The van der Waals surface area contributed by atoms with Crippen molar-refractivity contribution in [1.29, 1.82) is 0 Å². The van der Waals surface area contributed by atoms with E-state index in [1.54, 1.807) is 0 Å². The standard InChI is InChI=1S/C8H11N3O3/c1-8(6(12)5-10-9)3-2-4-11(8)7(13)14/h5H,2-4H2,1H3,(H,13,14). The van der Waals surface area contributed by atoms with Crippen LogP contribution in [0.3, 0.4) is 0 Å². The van der Waals surface area contributed by atoms with Gasteiger partial charge in [-0.15, -0.1) is 0 Å². The molecule has 1 unspecified atom stereocenters. The van der Waals surface area contributed by atoms with E-state index in [2.05, 4.69) is 4.79 Å². The van der Waals surface area contributed by atoms with Gasteiger partial charge < -0.3 is 10.6 Å². The Hall–Kier alpha value is -1.68. The molecule has 1 fully saturated rings. The fourth-order valence-corrected chi connectivity index (χ4v) is 1.72. The summed E-state index contributed by atoms with van der Waals surface area (Å²) >= 11 is 0. The van der Waals surface area contributed by atoms with Gasteiger partial charge in [-0.05, 0) is 19.8 Å². The molecule has 1 N–H and O–H groups in total. The minimum Gasteiger partial charge on any atom is -0.465 e. The van der Waals surface area contributed by atoms with Crippen LogP contribution >= 0.6 is 0 Å². The van der Waals surface area contributed by atoms with Gasteiger partial charge in [0.25, 0.3) is 5.78 Å². The predicted octanol–water partition coefficient (Wildman–Crippen LogP) is 0.389. The molecule has 0 aromatic carbocycles. The van der Waals surface area contributed by atoms with Gasteiger partial charge in [0.1, 0.15) is 5.54 Å². The molecule has 0 aliphatic carbocycles. The van der Waals surface area contributed by atoms with Crippen LogP contribution in [0.1, 0.15) is 19.8 Å². The van der Waals surface area contributed by atoms with E-state index >= 15 is 0 Å². The fourth-order valence-electron chi connectivity index (χ4n) is 1.72. The van der Waals surface area contributed by atoms with Gasteiger partial charge in [-0.2, -0.15) is 4.79 Å². The maximum absolute atomic E-state index is 11.5. The summed E-state index contributed by atoms with van der Waals surface area (Å²) in [6.45, 7) is 1.88. The third-order valence-electron chi connectivity index (χ3n) is 2.58. The number of carboxylic acid groups (broad SMARTS) is 1. The van der Waals surface area contributed by atoms with Crippen molar-refractivity contribution < 1.29 is 19.5 Å². The molecule has 1 rings (SSSR count). The summed E-state index contributed by atoms with van der Waals surface area (Å²) in [5.41, 5.74) is 7.15. The SMILES string of the molecule is CC1(C(=O)C=[N+]=[N-])CCCN1C(=O)O. The molecule has 6 nitrogen and oxygen atoms in total. The lowest BCUT2D eigenvalue weighted by Crippen LogP contribution is -2.50. The van der Waals surface area contributed by atoms with Crippen molar-refractivity contribution >= 4 is 18.1 Å². The molecule has 1 amide bonds. The molecule has 76 valence electrons. The Balaban J connectivity index is 2.97. The van der Waals surface area contributed by atoms with Crippen LogP contribution in [0.4, 0.5) is 4.79 Å². The minimum atomic E-state index is -1.12. The smallest absolute Gasteiger partial charge is 0.408 e. The number of nitrogens with zero attached hydrogens (tertiary/aromatic N) is 3. The highest BCUT2D eigenvalue weighted by atomic mass is 16.4. The molecule has 1 atom stereocenters. The first-order valence-electron chi connectivity index (χ1n) is 4.25. The molecule has 0 spiro atoms. The Morgan fingerprint density at radius 3 is 2.79 bits per heavy atom. The maximum Gasteiger partial charge on any atom is 0.408 e. The predicted molar refractivity (Wildman–Crippen MR) is 47.1 cm³/mol. The molecule has 1 aliphatic rings. The topological polar surface area (TPSA) is 94.0 Å². The van der Waals surface area contributed by atoms with Gasteiger partial charge in [-0.25, -0.2) is 4.79 Å². The number of Topliss-reactive ketones (excluding diaryl/α,β-unsaturated/α-hetero) is 1. The van der Waals surface area contributed by atoms with Crippen LogP contribution in [0, 0.1) is 0 Å². The van der Waals surface area contributed by atoms with Crippen molar-refractivity contribution in [3.8, 4) is 0 Å². The van der Waals surface area contributed by atoms with Gasteiger partial charge in [0.2, 0.25) is 0 Å². The Bertz CT molecular complexity index is 322. The van der Waals surface area contributed by atoms with Gasteiger partial charge in [-0.1, -0.05) is 0 Å². The molecular formula is C8H11N3O3. The minimum absolute atomic E-state index is 0.344. The zero-order chi connectivity index (χ0) is 10.8. The van der Waals surface area contributed by atoms with Crippen LogP contribution in [0.5, 0.6) is 0 Å². The summed E-state index contributed by atoms with van der Waals surface area (Å²) in [7, 11) is 0. The van der Waals surface area contributed by atoms with Crippen molar-refractivity contribution in [2.75, 3.05) is 6.54 Å². The van der Waals surface area contributed by atoms with Gasteiger partial charge in [0.15, 0.2) is 0 Å². The second-order valence-electron chi connectivity index (χ2n) is 3.42. The van der Waals surface area contributed by atoms with Gasteiger partial charge in [0, 0.05) is 6.54 Å². The van der Waals surface area contributed by atoms with Crippen LogP contribution in [0.15, 0.2) is 0 Å². The zero-order valence-corrected chi connectivity index (χ0v) is 7.80. The highest BCUT2D eigenvalue weighted by molar-refractivity contribution is 6.29. The molecule has 0 aromatic heterocycles. The zero-order valence-electron chi connectivity index (χ0n) is 7.80. The van der Waals surface area contributed by atoms with Crippen molar-refractivity contribution in [2.45, 2.75) is 25.3 Å². The van der Waals surface area contributed by atoms with E-state index in [0.717, 1.165) is 11.1 Å². The average Bonchev–Trinajstić information content (AvgIpc) is 2.49. The van der Waals surface area contributed by atoms with Gasteiger partial charge >= 0.3 is 12.3 Å². The average molecular weight is 197 g/mol. The first-order valence-corrected chi connectivity index (χ1v) is 4.25. The van der Waals surface area contributed by atoms with Crippen molar-refractivity contribution in [3.05, 3.63) is 5.53 Å². The van der Waals surface area contributed by atoms with Crippen LogP contribution in [0.25, 0.3) is 5.53 Å². The van der Waals surface area contributed by atoms with Crippen molar-refractivity contribution in [3.63, 3.8) is 0 Å².